The van der Waals surface area contributed by atoms with Crippen molar-refractivity contribution in [1.82, 2.24) is 15.3 Å². The molecule has 0 spiro atoms. The van der Waals surface area contributed by atoms with Gasteiger partial charge in [-0.15, -0.1) is 0 Å². The summed E-state index contributed by atoms with van der Waals surface area (Å²) in [5.41, 5.74) is 2.05. The summed E-state index contributed by atoms with van der Waals surface area (Å²) in [5.74, 6) is 0.493. The fraction of sp³-hybridized carbons (Fsp3) is 0.353. The molecule has 23 heavy (non-hydrogen) atoms. The molecule has 3 N–H and O–H groups in total. The number of carbonyl (C=O) groups is 1. The van der Waals surface area contributed by atoms with Crippen LogP contribution in [0.3, 0.4) is 0 Å². The van der Waals surface area contributed by atoms with Gasteiger partial charge in [-0.2, -0.15) is 0 Å². The summed E-state index contributed by atoms with van der Waals surface area (Å²) in [7, 11) is 0. The van der Waals surface area contributed by atoms with E-state index in [4.69, 9.17) is 0 Å². The van der Waals surface area contributed by atoms with E-state index in [2.05, 4.69) is 20.6 Å². The zero-order valence-corrected chi connectivity index (χ0v) is 13.1. The van der Waals surface area contributed by atoms with Gasteiger partial charge in [-0.3, -0.25) is 9.59 Å². The molecule has 6 nitrogen and oxygen atoms in total. The highest BCUT2D eigenvalue weighted by Crippen LogP contribution is 2.19. The zero-order chi connectivity index (χ0) is 16.2. The van der Waals surface area contributed by atoms with Gasteiger partial charge >= 0.3 is 0 Å². The molecule has 1 aromatic carbocycles. The van der Waals surface area contributed by atoms with Crippen molar-refractivity contribution >= 4 is 11.6 Å². The molecule has 3 rings (SSSR count). The summed E-state index contributed by atoms with van der Waals surface area (Å²) < 4.78 is 0. The van der Waals surface area contributed by atoms with Gasteiger partial charge in [0.05, 0.1) is 6.04 Å². The van der Waals surface area contributed by atoms with Gasteiger partial charge in [-0.05, 0) is 37.9 Å². The van der Waals surface area contributed by atoms with Crippen molar-refractivity contribution in [1.29, 1.82) is 0 Å². The SMILES string of the molecule is CCc1cc(=O)[nH]c(-c2cccc(NC(=O)C3CCCN3)c2)n1. The Bertz CT molecular complexity index is 763. The van der Waals surface area contributed by atoms with E-state index in [1.54, 1.807) is 0 Å². The second-order valence-corrected chi connectivity index (χ2v) is 5.66. The summed E-state index contributed by atoms with van der Waals surface area (Å²) in [6, 6.07) is 8.73. The fourth-order valence-electron chi connectivity index (χ4n) is 2.71. The predicted octanol–water partition coefficient (Wildman–Crippen LogP) is 1.69. The van der Waals surface area contributed by atoms with Crippen molar-refractivity contribution in [2.24, 2.45) is 0 Å². The maximum Gasteiger partial charge on any atom is 0.251 e. The molecule has 2 aromatic rings. The Hall–Kier alpha value is -2.47. The van der Waals surface area contributed by atoms with Crippen LogP contribution in [0.15, 0.2) is 35.1 Å². The molecule has 1 aliphatic rings. The van der Waals surface area contributed by atoms with Crippen LogP contribution in [-0.2, 0) is 11.2 Å². The lowest BCUT2D eigenvalue weighted by Gasteiger charge is -2.12. The lowest BCUT2D eigenvalue weighted by molar-refractivity contribution is -0.117. The molecule has 2 heterocycles. The lowest BCUT2D eigenvalue weighted by atomic mass is 10.1. The van der Waals surface area contributed by atoms with E-state index in [1.165, 1.54) is 6.07 Å². The summed E-state index contributed by atoms with van der Waals surface area (Å²) >= 11 is 0. The van der Waals surface area contributed by atoms with E-state index in [-0.39, 0.29) is 17.5 Å². The van der Waals surface area contributed by atoms with Crippen LogP contribution >= 0.6 is 0 Å². The van der Waals surface area contributed by atoms with E-state index < -0.39 is 0 Å². The first-order chi connectivity index (χ1) is 11.2. The van der Waals surface area contributed by atoms with E-state index in [1.807, 2.05) is 31.2 Å². The van der Waals surface area contributed by atoms with Crippen LogP contribution < -0.4 is 16.2 Å². The standard InChI is InChI=1S/C17H20N4O2/c1-2-12-10-15(22)21-16(19-12)11-5-3-6-13(9-11)20-17(23)14-7-4-8-18-14/h3,5-6,9-10,14,18H,2,4,7-8H2,1H3,(H,20,23)(H,19,21,22). The number of H-pyrrole nitrogens is 1. The number of anilines is 1. The van der Waals surface area contributed by atoms with Crippen LogP contribution in [0.25, 0.3) is 11.4 Å². The van der Waals surface area contributed by atoms with Crippen LogP contribution in [0, 0.1) is 0 Å². The Kier molecular flexibility index (Phi) is 4.52. The Balaban J connectivity index is 1.83. The summed E-state index contributed by atoms with van der Waals surface area (Å²) in [6.45, 7) is 2.84. The predicted molar refractivity (Wildman–Crippen MR) is 89.3 cm³/mol. The van der Waals surface area contributed by atoms with Gasteiger partial charge in [0.25, 0.3) is 5.56 Å². The molecule has 120 valence electrons. The van der Waals surface area contributed by atoms with Gasteiger partial charge in [0.15, 0.2) is 0 Å². The first-order valence-corrected chi connectivity index (χ1v) is 7.90. The number of aromatic nitrogens is 2. The van der Waals surface area contributed by atoms with Crippen LogP contribution in [0.2, 0.25) is 0 Å². The third-order valence-electron chi connectivity index (χ3n) is 3.94. The zero-order valence-electron chi connectivity index (χ0n) is 13.1. The van der Waals surface area contributed by atoms with E-state index in [0.717, 1.165) is 30.6 Å². The largest absolute Gasteiger partial charge is 0.325 e. The van der Waals surface area contributed by atoms with Gasteiger partial charge in [0.2, 0.25) is 5.91 Å². The van der Waals surface area contributed by atoms with Crippen LogP contribution in [0.1, 0.15) is 25.5 Å². The van der Waals surface area contributed by atoms with Crippen molar-refractivity contribution in [2.45, 2.75) is 32.2 Å². The Morgan fingerprint density at radius 2 is 2.26 bits per heavy atom. The molecular formula is C17H20N4O2. The molecule has 1 atom stereocenters. The molecule has 0 bridgehead atoms. The number of hydrogen-bond donors (Lipinski definition) is 3. The summed E-state index contributed by atoms with van der Waals surface area (Å²) in [4.78, 5) is 31.1. The molecule has 0 aliphatic carbocycles. The molecule has 0 saturated carbocycles. The maximum absolute atomic E-state index is 12.2. The number of nitrogens with one attached hydrogen (secondary N) is 3. The minimum absolute atomic E-state index is 0.0246. The molecule has 1 aliphatic heterocycles. The topological polar surface area (TPSA) is 86.9 Å². The molecule has 1 unspecified atom stereocenters. The fourth-order valence-corrected chi connectivity index (χ4v) is 2.71. The van der Waals surface area contributed by atoms with Crippen molar-refractivity contribution in [3.8, 4) is 11.4 Å². The first kappa shape index (κ1) is 15.4. The number of aryl methyl sites for hydroxylation is 1. The smallest absolute Gasteiger partial charge is 0.251 e. The third kappa shape index (κ3) is 3.65. The van der Waals surface area contributed by atoms with Gasteiger partial charge in [-0.25, -0.2) is 4.98 Å². The number of rotatable bonds is 4. The summed E-state index contributed by atoms with van der Waals surface area (Å²) in [5, 5.41) is 6.09. The summed E-state index contributed by atoms with van der Waals surface area (Å²) in [6.07, 6.45) is 2.58. The number of hydrogen-bond acceptors (Lipinski definition) is 4. The molecule has 1 saturated heterocycles. The van der Waals surface area contributed by atoms with Gasteiger partial charge in [-0.1, -0.05) is 19.1 Å². The Morgan fingerprint density at radius 3 is 3.00 bits per heavy atom. The minimum Gasteiger partial charge on any atom is -0.325 e. The molecule has 1 fully saturated rings. The number of benzene rings is 1. The molecule has 1 aromatic heterocycles. The van der Waals surface area contributed by atoms with E-state index in [9.17, 15) is 9.59 Å². The van der Waals surface area contributed by atoms with Crippen molar-refractivity contribution in [3.63, 3.8) is 0 Å². The van der Waals surface area contributed by atoms with Crippen LogP contribution in [-0.4, -0.2) is 28.5 Å². The minimum atomic E-state index is -0.170. The van der Waals surface area contributed by atoms with Crippen LogP contribution in [0.4, 0.5) is 5.69 Å². The quantitative estimate of drug-likeness (QED) is 0.802. The highest BCUT2D eigenvalue weighted by molar-refractivity contribution is 5.95. The number of aromatic amines is 1. The second-order valence-electron chi connectivity index (χ2n) is 5.66. The van der Waals surface area contributed by atoms with Crippen molar-refractivity contribution in [2.75, 3.05) is 11.9 Å². The highest BCUT2D eigenvalue weighted by atomic mass is 16.2. The van der Waals surface area contributed by atoms with Gasteiger partial charge < -0.3 is 15.6 Å². The van der Waals surface area contributed by atoms with Crippen molar-refractivity contribution in [3.05, 3.63) is 46.4 Å². The lowest BCUT2D eigenvalue weighted by Crippen LogP contribution is -2.35. The average molecular weight is 312 g/mol. The molecule has 0 radical (unpaired) electrons. The third-order valence-corrected chi connectivity index (χ3v) is 3.94. The van der Waals surface area contributed by atoms with E-state index in [0.29, 0.717) is 17.9 Å². The number of carbonyl (C=O) groups excluding carboxylic acids is 1. The van der Waals surface area contributed by atoms with Gasteiger partial charge in [0.1, 0.15) is 5.82 Å². The monoisotopic (exact) mass is 312 g/mol. The van der Waals surface area contributed by atoms with Crippen molar-refractivity contribution < 1.29 is 4.79 Å². The molecule has 1 amide bonds. The number of amides is 1. The Morgan fingerprint density at radius 1 is 1.39 bits per heavy atom. The van der Waals surface area contributed by atoms with E-state index >= 15 is 0 Å². The van der Waals surface area contributed by atoms with Crippen LogP contribution in [0.5, 0.6) is 0 Å². The first-order valence-electron chi connectivity index (χ1n) is 7.90. The maximum atomic E-state index is 12.2. The molecule has 6 heteroatoms. The Labute approximate surface area is 134 Å². The second kappa shape index (κ2) is 6.75. The number of nitrogens with zero attached hydrogens (tertiary/aromatic N) is 1. The highest BCUT2D eigenvalue weighted by Gasteiger charge is 2.21. The average Bonchev–Trinajstić information content (AvgIpc) is 3.09. The normalized spacial score (nSPS) is 17.2. The molecular weight excluding hydrogens is 292 g/mol. The van der Waals surface area contributed by atoms with Gasteiger partial charge in [0, 0.05) is 23.0 Å².